The zero-order valence-electron chi connectivity index (χ0n) is 14.6. The van der Waals surface area contributed by atoms with Crippen LogP contribution in [0.2, 0.25) is 0 Å². The average Bonchev–Trinajstić information content (AvgIpc) is 2.47. The number of rotatable bonds is 3. The lowest BCUT2D eigenvalue weighted by Crippen LogP contribution is -2.22. The molecule has 0 aliphatic carbocycles. The molecule has 0 fully saturated rings. The van der Waals surface area contributed by atoms with Crippen molar-refractivity contribution < 1.29 is 0 Å². The summed E-state index contributed by atoms with van der Waals surface area (Å²) in [5, 5.41) is 4.21. The first kappa shape index (κ1) is 17.4. The molecule has 0 aromatic heterocycles. The van der Waals surface area contributed by atoms with Crippen molar-refractivity contribution in [3.8, 4) is 0 Å². The maximum absolute atomic E-state index is 3.78. The van der Waals surface area contributed by atoms with Crippen LogP contribution in [0.25, 0.3) is 0 Å². The predicted octanol–water partition coefficient (Wildman–Crippen LogP) is 5.44. The molecule has 122 valence electrons. The topological polar surface area (TPSA) is 0 Å². The fourth-order valence-electron chi connectivity index (χ4n) is 3.22. The quantitative estimate of drug-likeness (QED) is 0.517. The second kappa shape index (κ2) is 7.21. The third kappa shape index (κ3) is 3.79. The molecule has 24 heavy (non-hydrogen) atoms. The number of aryl methyl sites for hydroxylation is 4. The highest BCUT2D eigenvalue weighted by Crippen LogP contribution is 2.36. The zero-order chi connectivity index (χ0) is 17.3. The molecule has 0 unspecified atom stereocenters. The van der Waals surface area contributed by atoms with Gasteiger partial charge in [0.2, 0.25) is 0 Å². The zero-order valence-corrected chi connectivity index (χ0v) is 17.1. The van der Waals surface area contributed by atoms with Crippen LogP contribution in [0, 0.1) is 27.7 Å². The van der Waals surface area contributed by atoms with Gasteiger partial charge in [0.1, 0.15) is 0 Å². The van der Waals surface area contributed by atoms with E-state index in [0.717, 1.165) is 0 Å². The Morgan fingerprint density at radius 3 is 1.46 bits per heavy atom. The summed E-state index contributed by atoms with van der Waals surface area (Å²) < 4.78 is 1.19. The minimum atomic E-state index is -0.579. The Kier molecular flexibility index (Phi) is 5.23. The molecular formula is C22H22BrP. The molecule has 0 heterocycles. The molecule has 2 heteroatoms. The van der Waals surface area contributed by atoms with Gasteiger partial charge in [-0.1, -0.05) is 92.8 Å². The smallest absolute Gasteiger partial charge is 0.0258 e. The first-order valence-electron chi connectivity index (χ1n) is 8.15. The highest BCUT2D eigenvalue weighted by atomic mass is 79.9. The Hall–Kier alpha value is -1.43. The molecule has 0 amide bonds. The summed E-state index contributed by atoms with van der Waals surface area (Å²) in [6, 6.07) is 22.5. The summed E-state index contributed by atoms with van der Waals surface area (Å²) in [5.74, 6) is 0. The Morgan fingerprint density at radius 2 is 1.04 bits per heavy atom. The summed E-state index contributed by atoms with van der Waals surface area (Å²) in [6.45, 7) is 8.74. The number of benzene rings is 3. The van der Waals surface area contributed by atoms with Crippen LogP contribution >= 0.6 is 23.9 Å². The van der Waals surface area contributed by atoms with Crippen molar-refractivity contribution in [2.24, 2.45) is 0 Å². The second-order valence-corrected chi connectivity index (χ2v) is 9.52. The van der Waals surface area contributed by atoms with E-state index in [1.807, 2.05) is 0 Å². The van der Waals surface area contributed by atoms with Crippen LogP contribution < -0.4 is 15.9 Å². The summed E-state index contributed by atoms with van der Waals surface area (Å²) in [5.41, 5.74) is 5.31. The van der Waals surface area contributed by atoms with E-state index < -0.39 is 7.92 Å². The largest absolute Gasteiger partial charge is 0.0615 e. The first-order valence-corrected chi connectivity index (χ1v) is 10.3. The van der Waals surface area contributed by atoms with Crippen LogP contribution in [0.3, 0.4) is 0 Å². The van der Waals surface area contributed by atoms with Crippen molar-refractivity contribution >= 4 is 39.8 Å². The lowest BCUT2D eigenvalue weighted by atomic mass is 10.2. The van der Waals surface area contributed by atoms with Crippen LogP contribution in [0.15, 0.2) is 65.1 Å². The molecule has 0 spiro atoms. The maximum Gasteiger partial charge on any atom is 0.0258 e. The van der Waals surface area contributed by atoms with Gasteiger partial charge in [-0.3, -0.25) is 0 Å². The molecule has 0 aliphatic heterocycles. The highest BCUT2D eigenvalue weighted by molar-refractivity contribution is 9.10. The molecule has 0 bridgehead atoms. The van der Waals surface area contributed by atoms with Crippen molar-refractivity contribution in [3.05, 3.63) is 87.4 Å². The molecule has 0 saturated heterocycles. The maximum atomic E-state index is 3.78. The Balaban J connectivity index is 2.26. The summed E-state index contributed by atoms with van der Waals surface area (Å²) >= 11 is 3.78. The summed E-state index contributed by atoms with van der Waals surface area (Å²) in [6.07, 6.45) is 0. The first-order chi connectivity index (χ1) is 11.4. The number of hydrogen-bond acceptors (Lipinski definition) is 0. The van der Waals surface area contributed by atoms with Gasteiger partial charge in [-0.25, -0.2) is 0 Å². The van der Waals surface area contributed by atoms with E-state index in [0.29, 0.717) is 0 Å². The molecule has 0 nitrogen and oxygen atoms in total. The van der Waals surface area contributed by atoms with Crippen molar-refractivity contribution in [1.82, 2.24) is 0 Å². The lowest BCUT2D eigenvalue weighted by Gasteiger charge is -2.22. The van der Waals surface area contributed by atoms with E-state index in [4.69, 9.17) is 0 Å². The van der Waals surface area contributed by atoms with Crippen molar-refractivity contribution in [2.75, 3.05) is 0 Å². The molecule has 0 atom stereocenters. The predicted molar refractivity (Wildman–Crippen MR) is 112 cm³/mol. The summed E-state index contributed by atoms with van der Waals surface area (Å²) in [7, 11) is -0.579. The lowest BCUT2D eigenvalue weighted by molar-refractivity contribution is 1.40. The molecule has 0 aliphatic rings. The molecule has 3 aromatic rings. The Labute approximate surface area is 154 Å². The summed E-state index contributed by atoms with van der Waals surface area (Å²) in [4.78, 5) is 0. The van der Waals surface area contributed by atoms with Crippen molar-refractivity contribution in [2.45, 2.75) is 27.7 Å². The van der Waals surface area contributed by atoms with E-state index in [-0.39, 0.29) is 0 Å². The van der Waals surface area contributed by atoms with E-state index in [2.05, 4.69) is 104 Å². The van der Waals surface area contributed by atoms with Crippen LogP contribution in [0.1, 0.15) is 22.3 Å². The van der Waals surface area contributed by atoms with Crippen LogP contribution in [0.5, 0.6) is 0 Å². The Morgan fingerprint density at radius 1 is 0.625 bits per heavy atom. The molecule has 0 radical (unpaired) electrons. The van der Waals surface area contributed by atoms with E-state index in [1.165, 1.54) is 42.6 Å². The Bertz CT molecular complexity index is 791. The number of halogens is 1. The van der Waals surface area contributed by atoms with E-state index in [1.54, 1.807) is 0 Å². The van der Waals surface area contributed by atoms with Crippen molar-refractivity contribution in [3.63, 3.8) is 0 Å². The minimum Gasteiger partial charge on any atom is -0.0615 e. The normalized spacial score (nSPS) is 11.1. The van der Waals surface area contributed by atoms with Crippen LogP contribution in [-0.2, 0) is 0 Å². The fourth-order valence-corrected chi connectivity index (χ4v) is 6.75. The monoisotopic (exact) mass is 396 g/mol. The van der Waals surface area contributed by atoms with Gasteiger partial charge in [-0.2, -0.15) is 0 Å². The third-order valence-corrected chi connectivity index (χ3v) is 7.44. The molecule has 3 rings (SSSR count). The van der Waals surface area contributed by atoms with E-state index >= 15 is 0 Å². The van der Waals surface area contributed by atoms with Gasteiger partial charge in [-0.15, -0.1) is 0 Å². The average molecular weight is 397 g/mol. The minimum absolute atomic E-state index is 0.579. The molecule has 0 saturated carbocycles. The highest BCUT2D eigenvalue weighted by Gasteiger charge is 2.19. The van der Waals surface area contributed by atoms with Gasteiger partial charge in [0.05, 0.1) is 0 Å². The van der Waals surface area contributed by atoms with Crippen molar-refractivity contribution in [1.29, 1.82) is 0 Å². The van der Waals surface area contributed by atoms with Gasteiger partial charge in [0.25, 0.3) is 0 Å². The van der Waals surface area contributed by atoms with Gasteiger partial charge in [-0.05, 0) is 57.6 Å². The van der Waals surface area contributed by atoms with Gasteiger partial charge in [0, 0.05) is 4.47 Å². The van der Waals surface area contributed by atoms with Gasteiger partial charge < -0.3 is 0 Å². The van der Waals surface area contributed by atoms with Gasteiger partial charge in [0.15, 0.2) is 0 Å². The molecule has 0 N–H and O–H groups in total. The second-order valence-electron chi connectivity index (χ2n) is 6.48. The third-order valence-electron chi connectivity index (χ3n) is 4.02. The fraction of sp³-hybridized carbons (Fsp3) is 0.182. The SMILES string of the molecule is Cc1cc(C)cc(P(c2cc(C)cc(C)c2)c2ccccc2Br)c1. The molecular weight excluding hydrogens is 375 g/mol. The number of hydrogen-bond donors (Lipinski definition) is 0. The molecule has 3 aromatic carbocycles. The standard InChI is InChI=1S/C22H22BrP/c1-15-9-16(2)12-19(11-15)24(22-8-6-5-7-21(22)23)20-13-17(3)10-18(4)14-20/h5-14H,1-4H3. The van der Waals surface area contributed by atoms with Crippen LogP contribution in [-0.4, -0.2) is 0 Å². The van der Waals surface area contributed by atoms with E-state index in [9.17, 15) is 0 Å². The van der Waals surface area contributed by atoms with Crippen LogP contribution in [0.4, 0.5) is 0 Å². The van der Waals surface area contributed by atoms with Gasteiger partial charge >= 0.3 is 0 Å².